The average molecular weight is 444 g/mol. The van der Waals surface area contributed by atoms with Gasteiger partial charge in [-0.05, 0) is 49.7 Å². The third kappa shape index (κ3) is 5.20. The second-order valence-electron chi connectivity index (χ2n) is 7.21. The van der Waals surface area contributed by atoms with Crippen LogP contribution in [0.4, 0.5) is 5.69 Å². The summed E-state index contributed by atoms with van der Waals surface area (Å²) in [7, 11) is 0. The Bertz CT molecular complexity index is 1210. The van der Waals surface area contributed by atoms with Gasteiger partial charge in [0.1, 0.15) is 11.5 Å². The van der Waals surface area contributed by atoms with E-state index in [1.165, 1.54) is 0 Å². The van der Waals surface area contributed by atoms with E-state index in [2.05, 4.69) is 15.5 Å². The van der Waals surface area contributed by atoms with Crippen LogP contribution in [0.2, 0.25) is 0 Å². The predicted octanol–water partition coefficient (Wildman–Crippen LogP) is 5.60. The molecular weight excluding hydrogens is 418 g/mol. The molecule has 0 spiro atoms. The van der Waals surface area contributed by atoms with Crippen molar-refractivity contribution in [3.63, 3.8) is 0 Å². The van der Waals surface area contributed by atoms with Crippen LogP contribution in [0.3, 0.4) is 0 Å². The van der Waals surface area contributed by atoms with Crippen LogP contribution in [0.5, 0.6) is 11.5 Å². The molecule has 0 fully saturated rings. The maximum Gasteiger partial charge on any atom is 0.265 e. The van der Waals surface area contributed by atoms with Gasteiger partial charge in [0, 0.05) is 5.56 Å². The molecule has 0 saturated carbocycles. The topological polar surface area (TPSA) is 86.5 Å². The van der Waals surface area contributed by atoms with Crippen LogP contribution < -0.4 is 14.8 Å². The Balaban J connectivity index is 1.54. The molecule has 0 bridgehead atoms. The maximum absolute atomic E-state index is 13.0. The molecule has 1 aromatic heterocycles. The molecule has 168 valence electrons. The highest BCUT2D eigenvalue weighted by atomic mass is 16.5. The molecule has 4 aromatic rings. The SMILES string of the molecule is CCOc1ccccc1NC(=O)[C@@H](CC)Oc1ccccc1-c1nnc(-c2ccccc2)o1. The van der Waals surface area contributed by atoms with E-state index in [0.29, 0.717) is 47.6 Å². The fourth-order valence-electron chi connectivity index (χ4n) is 3.32. The van der Waals surface area contributed by atoms with Gasteiger partial charge in [0.15, 0.2) is 6.10 Å². The van der Waals surface area contributed by atoms with Crippen molar-refractivity contribution in [3.8, 4) is 34.4 Å². The van der Waals surface area contributed by atoms with Gasteiger partial charge in [0.25, 0.3) is 11.8 Å². The van der Waals surface area contributed by atoms with Gasteiger partial charge in [-0.25, -0.2) is 0 Å². The number of nitrogens with zero attached hydrogens (tertiary/aromatic N) is 2. The van der Waals surface area contributed by atoms with E-state index < -0.39 is 6.10 Å². The Labute approximate surface area is 192 Å². The molecule has 33 heavy (non-hydrogen) atoms. The van der Waals surface area contributed by atoms with Gasteiger partial charge in [-0.2, -0.15) is 0 Å². The molecule has 7 nitrogen and oxygen atoms in total. The molecular formula is C26H25N3O4. The summed E-state index contributed by atoms with van der Waals surface area (Å²) in [5, 5.41) is 11.3. The lowest BCUT2D eigenvalue weighted by Crippen LogP contribution is -2.32. The van der Waals surface area contributed by atoms with Gasteiger partial charge in [0.05, 0.1) is 17.9 Å². The van der Waals surface area contributed by atoms with Gasteiger partial charge in [-0.3, -0.25) is 4.79 Å². The number of ether oxygens (including phenoxy) is 2. The Morgan fingerprint density at radius 3 is 2.30 bits per heavy atom. The number of amides is 1. The van der Waals surface area contributed by atoms with E-state index >= 15 is 0 Å². The zero-order valence-corrected chi connectivity index (χ0v) is 18.5. The van der Waals surface area contributed by atoms with Crippen molar-refractivity contribution in [1.29, 1.82) is 0 Å². The number of benzene rings is 3. The van der Waals surface area contributed by atoms with Crippen LogP contribution in [-0.4, -0.2) is 28.8 Å². The fourth-order valence-corrected chi connectivity index (χ4v) is 3.32. The molecule has 4 rings (SSSR count). The number of aromatic nitrogens is 2. The van der Waals surface area contributed by atoms with Gasteiger partial charge in [-0.15, -0.1) is 10.2 Å². The van der Waals surface area contributed by atoms with Crippen molar-refractivity contribution in [2.75, 3.05) is 11.9 Å². The van der Waals surface area contributed by atoms with E-state index in [0.717, 1.165) is 5.56 Å². The lowest BCUT2D eigenvalue weighted by molar-refractivity contribution is -0.122. The summed E-state index contributed by atoms with van der Waals surface area (Å²) in [6.45, 7) is 4.29. The Kier molecular flexibility index (Phi) is 6.99. The van der Waals surface area contributed by atoms with Gasteiger partial charge < -0.3 is 19.2 Å². The van der Waals surface area contributed by atoms with Gasteiger partial charge in [-0.1, -0.05) is 49.4 Å². The van der Waals surface area contributed by atoms with E-state index in [1.807, 2.05) is 80.6 Å². The highest BCUT2D eigenvalue weighted by Crippen LogP contribution is 2.32. The van der Waals surface area contributed by atoms with Gasteiger partial charge in [0.2, 0.25) is 5.89 Å². The van der Waals surface area contributed by atoms with Crippen LogP contribution in [0, 0.1) is 0 Å². The van der Waals surface area contributed by atoms with E-state index in [-0.39, 0.29) is 5.91 Å². The molecule has 1 amide bonds. The lowest BCUT2D eigenvalue weighted by atomic mass is 10.2. The second-order valence-corrected chi connectivity index (χ2v) is 7.21. The molecule has 0 radical (unpaired) electrons. The van der Waals surface area contributed by atoms with Crippen LogP contribution in [0.1, 0.15) is 20.3 Å². The first-order valence-electron chi connectivity index (χ1n) is 10.9. The van der Waals surface area contributed by atoms with Crippen molar-refractivity contribution >= 4 is 11.6 Å². The van der Waals surface area contributed by atoms with Crippen LogP contribution in [-0.2, 0) is 4.79 Å². The standard InChI is InChI=1S/C26H25N3O4/c1-3-21(24(30)27-20-15-9-11-17-23(20)31-4-2)32-22-16-10-8-14-19(22)26-29-28-25(33-26)18-12-6-5-7-13-18/h5-17,21H,3-4H2,1-2H3,(H,27,30)/t21-/m1/s1. The maximum atomic E-state index is 13.0. The fraction of sp³-hybridized carbons (Fsp3) is 0.192. The first kappa shape index (κ1) is 22.1. The summed E-state index contributed by atoms with van der Waals surface area (Å²) in [5.74, 6) is 1.57. The third-order valence-electron chi connectivity index (χ3n) is 4.94. The second kappa shape index (κ2) is 10.5. The first-order chi connectivity index (χ1) is 16.2. The monoisotopic (exact) mass is 443 g/mol. The molecule has 0 saturated heterocycles. The Morgan fingerprint density at radius 1 is 0.879 bits per heavy atom. The quantitative estimate of drug-likeness (QED) is 0.362. The lowest BCUT2D eigenvalue weighted by Gasteiger charge is -2.19. The Morgan fingerprint density at radius 2 is 1.55 bits per heavy atom. The summed E-state index contributed by atoms with van der Waals surface area (Å²) in [5.41, 5.74) is 2.05. The zero-order valence-electron chi connectivity index (χ0n) is 18.5. The number of carbonyl (C=O) groups is 1. The molecule has 0 aliphatic carbocycles. The highest BCUT2D eigenvalue weighted by Gasteiger charge is 2.23. The summed E-state index contributed by atoms with van der Waals surface area (Å²) in [6.07, 6.45) is -0.256. The number of anilines is 1. The molecule has 3 aromatic carbocycles. The van der Waals surface area contributed by atoms with Crippen molar-refractivity contribution in [2.24, 2.45) is 0 Å². The van der Waals surface area contributed by atoms with Crippen molar-refractivity contribution in [1.82, 2.24) is 10.2 Å². The van der Waals surface area contributed by atoms with Crippen LogP contribution in [0.25, 0.3) is 22.9 Å². The summed E-state index contributed by atoms with van der Waals surface area (Å²) < 4.78 is 17.6. The van der Waals surface area contributed by atoms with Crippen molar-refractivity contribution in [2.45, 2.75) is 26.4 Å². The van der Waals surface area contributed by atoms with Gasteiger partial charge >= 0.3 is 0 Å². The largest absolute Gasteiger partial charge is 0.492 e. The summed E-state index contributed by atoms with van der Waals surface area (Å²) >= 11 is 0. The minimum Gasteiger partial charge on any atom is -0.492 e. The number of nitrogens with one attached hydrogen (secondary N) is 1. The third-order valence-corrected chi connectivity index (χ3v) is 4.94. The minimum absolute atomic E-state index is 0.269. The van der Waals surface area contributed by atoms with Crippen molar-refractivity contribution < 1.29 is 18.7 Å². The van der Waals surface area contributed by atoms with Crippen LogP contribution in [0.15, 0.2) is 83.3 Å². The number of hydrogen-bond donors (Lipinski definition) is 1. The zero-order chi connectivity index (χ0) is 23.0. The summed E-state index contributed by atoms with van der Waals surface area (Å²) in [6, 6.07) is 24.2. The number of rotatable bonds is 9. The van der Waals surface area contributed by atoms with Crippen molar-refractivity contribution in [3.05, 3.63) is 78.9 Å². The predicted molar refractivity (Wildman–Crippen MR) is 126 cm³/mol. The number of para-hydroxylation sites is 3. The molecule has 0 aliphatic rings. The molecule has 1 heterocycles. The number of hydrogen-bond acceptors (Lipinski definition) is 6. The van der Waals surface area contributed by atoms with E-state index in [1.54, 1.807) is 12.1 Å². The van der Waals surface area contributed by atoms with E-state index in [9.17, 15) is 4.79 Å². The van der Waals surface area contributed by atoms with E-state index in [4.69, 9.17) is 13.9 Å². The molecule has 0 unspecified atom stereocenters. The average Bonchev–Trinajstić information content (AvgIpc) is 3.35. The minimum atomic E-state index is -0.725. The molecule has 7 heteroatoms. The normalized spacial score (nSPS) is 11.6. The van der Waals surface area contributed by atoms with Crippen LogP contribution >= 0.6 is 0 Å². The summed E-state index contributed by atoms with van der Waals surface area (Å²) in [4.78, 5) is 13.0. The Hall–Kier alpha value is -4.13. The molecule has 1 N–H and O–H groups in total. The smallest absolute Gasteiger partial charge is 0.265 e. The molecule has 0 aliphatic heterocycles. The number of carbonyl (C=O) groups excluding carboxylic acids is 1. The first-order valence-corrected chi connectivity index (χ1v) is 10.9. The highest BCUT2D eigenvalue weighted by molar-refractivity contribution is 5.95. The molecule has 1 atom stereocenters.